The first kappa shape index (κ1) is 36.1. The van der Waals surface area contributed by atoms with Crippen molar-refractivity contribution in [1.29, 1.82) is 0 Å². The van der Waals surface area contributed by atoms with Crippen molar-refractivity contribution < 1.29 is 44.6 Å². The molecule has 45 heavy (non-hydrogen) atoms. The second-order valence-electron chi connectivity index (χ2n) is 11.2. The van der Waals surface area contributed by atoms with Gasteiger partial charge in [-0.2, -0.15) is 22.0 Å². The van der Waals surface area contributed by atoms with Crippen molar-refractivity contribution in [1.82, 2.24) is 9.47 Å². The fraction of sp³-hybridized carbons (Fsp3) is 0.531. The van der Waals surface area contributed by atoms with Gasteiger partial charge in [-0.1, -0.05) is 6.42 Å². The van der Waals surface area contributed by atoms with Gasteiger partial charge in [0.05, 0.1) is 31.4 Å². The molecule has 3 rings (SSSR count). The van der Waals surface area contributed by atoms with Crippen molar-refractivity contribution in [2.24, 2.45) is 0 Å². The monoisotopic (exact) mass is 660 g/mol. The average Bonchev–Trinajstić information content (AvgIpc) is 3.26. The highest BCUT2D eigenvalue weighted by molar-refractivity contribution is 7.91. The zero-order valence-electron chi connectivity index (χ0n) is 26.1. The summed E-state index contributed by atoms with van der Waals surface area (Å²) in [7, 11) is 0.998. The maximum absolute atomic E-state index is 13.0. The molecule has 2 aromatic carbocycles. The van der Waals surface area contributed by atoms with E-state index in [1.54, 1.807) is 21.3 Å². The lowest BCUT2D eigenvalue weighted by molar-refractivity contribution is -0.284. The number of methoxy groups -OCH3 is 2. The molecule has 0 atom stereocenters. The fourth-order valence-corrected chi connectivity index (χ4v) is 6.66. The molecule has 1 heterocycles. The number of ether oxygens (including phenoxy) is 2. The molecule has 13 heteroatoms. The molecule has 0 aliphatic heterocycles. The molecule has 0 saturated carbocycles. The van der Waals surface area contributed by atoms with E-state index in [4.69, 9.17) is 9.47 Å². The number of unbranched alkanes of at least 4 members (excludes halogenated alkanes) is 2. The number of sulfone groups is 1. The molecular formula is C32H41F5N2O5S. The molecule has 0 fully saturated rings. The van der Waals surface area contributed by atoms with Gasteiger partial charge in [0.1, 0.15) is 21.3 Å². The highest BCUT2D eigenvalue weighted by atomic mass is 32.2. The molecule has 0 bridgehead atoms. The highest BCUT2D eigenvalue weighted by Crippen LogP contribution is 2.39. The molecular weight excluding hydrogens is 619 g/mol. The number of aromatic nitrogens is 1. The Balaban J connectivity index is 1.49. The van der Waals surface area contributed by atoms with Crippen LogP contribution in [0.4, 0.5) is 22.0 Å². The van der Waals surface area contributed by atoms with E-state index in [-0.39, 0.29) is 25.3 Å². The summed E-state index contributed by atoms with van der Waals surface area (Å²) < 4.78 is 100. The smallest absolute Gasteiger partial charge is 0.453 e. The van der Waals surface area contributed by atoms with Gasteiger partial charge in [-0.05, 0) is 86.2 Å². The minimum atomic E-state index is -5.70. The number of alkyl halides is 5. The van der Waals surface area contributed by atoms with E-state index in [2.05, 4.69) is 11.5 Å². The summed E-state index contributed by atoms with van der Waals surface area (Å²) in [6.07, 6.45) is -5.48. The molecule has 7 nitrogen and oxygen atoms in total. The van der Waals surface area contributed by atoms with Crippen LogP contribution in [-0.4, -0.2) is 75.2 Å². The summed E-state index contributed by atoms with van der Waals surface area (Å²) >= 11 is 0. The first-order chi connectivity index (χ1) is 21.1. The Labute approximate surface area is 261 Å². The van der Waals surface area contributed by atoms with Gasteiger partial charge in [0.25, 0.3) is 0 Å². The van der Waals surface area contributed by atoms with Crippen LogP contribution in [-0.2, 0) is 21.2 Å². The third kappa shape index (κ3) is 9.57. The van der Waals surface area contributed by atoms with Crippen LogP contribution in [0.15, 0.2) is 42.5 Å². The lowest BCUT2D eigenvalue weighted by Gasteiger charge is -2.19. The Kier molecular flexibility index (Phi) is 12.3. The first-order valence-electron chi connectivity index (χ1n) is 14.8. The SMILES string of the molecule is COc1ccc(-c2c(C)c3cc(OC)ccc3n2CCCCCC(=O)N(C)CCCS(=O)(=O)CCCC(F)(F)C(F)(F)F)cc1. The van der Waals surface area contributed by atoms with Gasteiger partial charge in [-0.3, -0.25) is 4.79 Å². The first-order valence-corrected chi connectivity index (χ1v) is 16.6. The van der Waals surface area contributed by atoms with Crippen molar-refractivity contribution in [3.63, 3.8) is 0 Å². The second kappa shape index (κ2) is 15.3. The van der Waals surface area contributed by atoms with Crippen molar-refractivity contribution >= 4 is 26.6 Å². The molecule has 0 unspecified atom stereocenters. The molecule has 0 spiro atoms. The number of halogens is 5. The zero-order valence-corrected chi connectivity index (χ0v) is 26.9. The summed E-state index contributed by atoms with van der Waals surface area (Å²) in [6, 6.07) is 13.9. The minimum absolute atomic E-state index is 0.0687. The number of nitrogens with zero attached hydrogens (tertiary/aromatic N) is 2. The maximum atomic E-state index is 13.0. The predicted octanol–water partition coefficient (Wildman–Crippen LogP) is 7.44. The Morgan fingerprint density at radius 3 is 2.11 bits per heavy atom. The minimum Gasteiger partial charge on any atom is -0.497 e. The van der Waals surface area contributed by atoms with Gasteiger partial charge >= 0.3 is 12.1 Å². The van der Waals surface area contributed by atoms with E-state index in [9.17, 15) is 35.2 Å². The van der Waals surface area contributed by atoms with E-state index in [0.29, 0.717) is 6.42 Å². The van der Waals surface area contributed by atoms with E-state index < -0.39 is 46.3 Å². The lowest BCUT2D eigenvalue weighted by Crippen LogP contribution is -2.36. The summed E-state index contributed by atoms with van der Waals surface area (Å²) in [5.41, 5.74) is 4.37. The van der Waals surface area contributed by atoms with Gasteiger partial charge in [0, 0.05) is 43.9 Å². The topological polar surface area (TPSA) is 77.8 Å². The van der Waals surface area contributed by atoms with Crippen LogP contribution < -0.4 is 9.47 Å². The van der Waals surface area contributed by atoms with Crippen LogP contribution in [0.1, 0.15) is 50.5 Å². The van der Waals surface area contributed by atoms with Gasteiger partial charge in [0.15, 0.2) is 0 Å². The van der Waals surface area contributed by atoms with E-state index in [0.717, 1.165) is 58.6 Å². The second-order valence-corrected chi connectivity index (χ2v) is 13.5. The largest absolute Gasteiger partial charge is 0.497 e. The molecule has 0 radical (unpaired) electrons. The zero-order chi connectivity index (χ0) is 33.4. The predicted molar refractivity (Wildman–Crippen MR) is 165 cm³/mol. The van der Waals surface area contributed by atoms with Crippen LogP contribution in [0.5, 0.6) is 11.5 Å². The standard InChI is InChI=1S/C32H41F5N2O5S/c1-23-27-22-26(44-4)15-16-28(27)39(30(23)24-11-13-25(43-3)14-12-24)19-7-5-6-10-29(40)38(2)18-9-21-45(41,42)20-8-17-31(33,34)32(35,36)37/h11-16,22H,5-10,17-21H2,1-4H3. The van der Waals surface area contributed by atoms with Crippen molar-refractivity contribution in [2.45, 2.75) is 70.5 Å². The lowest BCUT2D eigenvalue weighted by atomic mass is 10.1. The Morgan fingerprint density at radius 1 is 0.867 bits per heavy atom. The maximum Gasteiger partial charge on any atom is 0.453 e. The number of hydrogen-bond donors (Lipinski definition) is 0. The van der Waals surface area contributed by atoms with E-state index in [1.807, 2.05) is 42.5 Å². The summed E-state index contributed by atoms with van der Waals surface area (Å²) in [5.74, 6) is -4.68. The van der Waals surface area contributed by atoms with Gasteiger partial charge in [0.2, 0.25) is 5.91 Å². The van der Waals surface area contributed by atoms with Crippen molar-refractivity contribution in [3.05, 3.63) is 48.0 Å². The van der Waals surface area contributed by atoms with E-state index in [1.165, 1.54) is 4.90 Å². The highest BCUT2D eigenvalue weighted by Gasteiger charge is 2.56. The third-order valence-corrected chi connectivity index (χ3v) is 9.72. The average molecular weight is 661 g/mol. The van der Waals surface area contributed by atoms with Crippen LogP contribution in [0.2, 0.25) is 0 Å². The Hall–Kier alpha value is -3.35. The molecule has 1 aromatic heterocycles. The Morgan fingerprint density at radius 2 is 1.49 bits per heavy atom. The molecule has 1 amide bonds. The summed E-state index contributed by atoms with van der Waals surface area (Å²) in [4.78, 5) is 14.0. The van der Waals surface area contributed by atoms with Gasteiger partial charge in [-0.25, -0.2) is 8.42 Å². The number of fused-ring (bicyclic) bond motifs is 1. The van der Waals surface area contributed by atoms with Crippen LogP contribution in [0.25, 0.3) is 22.2 Å². The summed E-state index contributed by atoms with van der Waals surface area (Å²) in [5, 5.41) is 1.10. The van der Waals surface area contributed by atoms with Crippen LogP contribution >= 0.6 is 0 Å². The fourth-order valence-electron chi connectivity index (χ4n) is 5.30. The number of rotatable bonds is 17. The third-order valence-electron chi connectivity index (χ3n) is 7.89. The number of amides is 1. The number of carbonyl (C=O) groups excluding carboxylic acids is 1. The van der Waals surface area contributed by atoms with Crippen molar-refractivity contribution in [2.75, 3.05) is 39.3 Å². The molecule has 0 aliphatic carbocycles. The normalized spacial score (nSPS) is 12.5. The van der Waals surface area contributed by atoms with Gasteiger partial charge in [-0.15, -0.1) is 0 Å². The molecule has 0 aliphatic rings. The number of hydrogen-bond acceptors (Lipinski definition) is 5. The van der Waals surface area contributed by atoms with Crippen molar-refractivity contribution in [3.8, 4) is 22.8 Å². The number of carbonyl (C=O) groups is 1. The van der Waals surface area contributed by atoms with Gasteiger partial charge < -0.3 is 18.9 Å². The molecule has 0 N–H and O–H groups in total. The molecule has 250 valence electrons. The number of benzene rings is 2. The Bertz CT molecular complexity index is 1540. The van der Waals surface area contributed by atoms with E-state index >= 15 is 0 Å². The number of aryl methyl sites for hydroxylation is 2. The molecule has 0 saturated heterocycles. The van der Waals surface area contributed by atoms with Crippen LogP contribution in [0, 0.1) is 6.92 Å². The molecule has 3 aromatic rings. The summed E-state index contributed by atoms with van der Waals surface area (Å²) in [6.45, 7) is 2.96. The quantitative estimate of drug-likeness (QED) is 0.111. The van der Waals surface area contributed by atoms with Crippen LogP contribution in [0.3, 0.4) is 0 Å².